The fourth-order valence-corrected chi connectivity index (χ4v) is 4.11. The third kappa shape index (κ3) is 3.31. The van der Waals surface area contributed by atoms with Crippen molar-refractivity contribution in [3.63, 3.8) is 0 Å². The van der Waals surface area contributed by atoms with E-state index in [4.69, 9.17) is 0 Å². The lowest BCUT2D eigenvalue weighted by atomic mass is 10.0. The monoisotopic (exact) mass is 314 g/mol. The first-order valence-corrected chi connectivity index (χ1v) is 9.00. The normalized spacial score (nSPS) is 12.7. The van der Waals surface area contributed by atoms with Crippen LogP contribution in [0.4, 0.5) is 0 Å². The van der Waals surface area contributed by atoms with Crippen molar-refractivity contribution >= 4 is 33.2 Å². The molecule has 0 spiro atoms. The Morgan fingerprint density at radius 3 is 2.62 bits per heavy atom. The summed E-state index contributed by atoms with van der Waals surface area (Å²) in [4.78, 5) is 1.26. The van der Waals surface area contributed by atoms with E-state index in [1.165, 1.54) is 20.5 Å². The zero-order valence-electron chi connectivity index (χ0n) is 12.0. The first-order chi connectivity index (χ1) is 10.3. The van der Waals surface area contributed by atoms with Crippen LogP contribution in [0, 0.1) is 0 Å². The minimum Gasteiger partial charge on any atom is -0.388 e. The zero-order chi connectivity index (χ0) is 14.7. The van der Waals surface area contributed by atoms with Gasteiger partial charge in [0.1, 0.15) is 0 Å². The number of benzene rings is 2. The molecule has 108 valence electrons. The Labute approximate surface area is 133 Å². The molecule has 3 heteroatoms. The molecule has 1 atom stereocenters. The van der Waals surface area contributed by atoms with Crippen LogP contribution >= 0.6 is 23.1 Å². The molecule has 0 radical (unpaired) electrons. The second-order valence-corrected chi connectivity index (χ2v) is 7.23. The minimum absolute atomic E-state index is 0.441. The minimum atomic E-state index is -0.441. The smallest absolute Gasteiger partial charge is 0.0830 e. The maximum atomic E-state index is 10.5. The third-order valence-electron chi connectivity index (χ3n) is 3.55. The maximum Gasteiger partial charge on any atom is 0.0830 e. The van der Waals surface area contributed by atoms with E-state index in [0.717, 1.165) is 11.3 Å². The van der Waals surface area contributed by atoms with Gasteiger partial charge in [0.05, 0.1) is 6.10 Å². The predicted molar refractivity (Wildman–Crippen MR) is 93.3 cm³/mol. The number of rotatable bonds is 5. The second kappa shape index (κ2) is 6.65. The number of hydrogen-bond acceptors (Lipinski definition) is 3. The predicted octanol–water partition coefficient (Wildman–Crippen LogP) is 5.29. The molecule has 0 amide bonds. The standard InChI is InChI=1S/C18H18OS2/c1-2-20-15-9-7-13(8-10-15)17(19)11-14-12-21-18-6-4-3-5-16(14)18/h3-10,12,17,19H,2,11H2,1H3. The van der Waals surface area contributed by atoms with Gasteiger partial charge in [-0.15, -0.1) is 23.1 Å². The molecular formula is C18H18OS2. The molecule has 0 aliphatic rings. The van der Waals surface area contributed by atoms with Gasteiger partial charge in [-0.25, -0.2) is 0 Å². The van der Waals surface area contributed by atoms with E-state index in [9.17, 15) is 5.11 Å². The summed E-state index contributed by atoms with van der Waals surface area (Å²) in [5.74, 6) is 1.07. The Hall–Kier alpha value is -1.29. The molecule has 1 heterocycles. The topological polar surface area (TPSA) is 20.2 Å². The van der Waals surface area contributed by atoms with Gasteiger partial charge in [-0.3, -0.25) is 0 Å². The van der Waals surface area contributed by atoms with Crippen molar-refractivity contribution in [2.45, 2.75) is 24.3 Å². The molecule has 1 nitrogen and oxygen atoms in total. The van der Waals surface area contributed by atoms with Crippen molar-refractivity contribution in [2.75, 3.05) is 5.75 Å². The number of aliphatic hydroxyl groups is 1. The van der Waals surface area contributed by atoms with E-state index in [1.54, 1.807) is 11.3 Å². The Kier molecular flexibility index (Phi) is 4.63. The van der Waals surface area contributed by atoms with Gasteiger partial charge in [-0.05, 0) is 45.8 Å². The average Bonchev–Trinajstić information content (AvgIpc) is 2.92. The zero-order valence-corrected chi connectivity index (χ0v) is 13.6. The summed E-state index contributed by atoms with van der Waals surface area (Å²) in [5, 5.41) is 13.9. The van der Waals surface area contributed by atoms with Crippen LogP contribution in [0.3, 0.4) is 0 Å². The molecule has 0 aliphatic carbocycles. The average molecular weight is 314 g/mol. The fourth-order valence-electron chi connectivity index (χ4n) is 2.47. The van der Waals surface area contributed by atoms with E-state index in [2.05, 4.69) is 48.7 Å². The van der Waals surface area contributed by atoms with Crippen LogP contribution in [0.1, 0.15) is 24.2 Å². The quantitative estimate of drug-likeness (QED) is 0.646. The number of hydrogen-bond donors (Lipinski definition) is 1. The molecule has 21 heavy (non-hydrogen) atoms. The summed E-state index contributed by atoms with van der Waals surface area (Å²) >= 11 is 3.57. The van der Waals surface area contributed by atoms with E-state index in [1.807, 2.05) is 23.9 Å². The van der Waals surface area contributed by atoms with E-state index in [-0.39, 0.29) is 0 Å². The van der Waals surface area contributed by atoms with Gasteiger partial charge in [0.25, 0.3) is 0 Å². The Morgan fingerprint density at radius 2 is 1.86 bits per heavy atom. The van der Waals surface area contributed by atoms with E-state index in [0.29, 0.717) is 6.42 Å². The summed E-state index contributed by atoms with van der Waals surface area (Å²) in [6.07, 6.45) is 0.230. The van der Waals surface area contributed by atoms with Crippen LogP contribution in [0.25, 0.3) is 10.1 Å². The highest BCUT2D eigenvalue weighted by molar-refractivity contribution is 7.99. The van der Waals surface area contributed by atoms with Crippen LogP contribution in [-0.2, 0) is 6.42 Å². The first kappa shape index (κ1) is 14.6. The van der Waals surface area contributed by atoms with Gasteiger partial charge in [0.15, 0.2) is 0 Å². The van der Waals surface area contributed by atoms with Crippen molar-refractivity contribution in [3.8, 4) is 0 Å². The van der Waals surface area contributed by atoms with Gasteiger partial charge < -0.3 is 5.11 Å². The molecule has 3 aromatic rings. The molecule has 1 aromatic heterocycles. The molecule has 0 bridgehead atoms. The van der Waals surface area contributed by atoms with Crippen molar-refractivity contribution in [3.05, 3.63) is 65.0 Å². The molecule has 1 N–H and O–H groups in total. The van der Waals surface area contributed by atoms with Crippen molar-refractivity contribution in [2.24, 2.45) is 0 Å². The number of aliphatic hydroxyl groups excluding tert-OH is 1. The Morgan fingerprint density at radius 1 is 1.10 bits per heavy atom. The van der Waals surface area contributed by atoms with Gasteiger partial charge in [-0.1, -0.05) is 37.3 Å². The summed E-state index contributed by atoms with van der Waals surface area (Å²) in [6, 6.07) is 16.7. The summed E-state index contributed by atoms with van der Waals surface area (Å²) in [7, 11) is 0. The molecule has 2 aromatic carbocycles. The number of thiophene rings is 1. The van der Waals surface area contributed by atoms with Crippen molar-refractivity contribution in [1.82, 2.24) is 0 Å². The fraction of sp³-hybridized carbons (Fsp3) is 0.222. The van der Waals surface area contributed by atoms with E-state index >= 15 is 0 Å². The lowest BCUT2D eigenvalue weighted by molar-refractivity contribution is 0.179. The van der Waals surface area contributed by atoms with Crippen LogP contribution in [0.2, 0.25) is 0 Å². The highest BCUT2D eigenvalue weighted by atomic mass is 32.2. The van der Waals surface area contributed by atoms with Crippen LogP contribution < -0.4 is 0 Å². The van der Waals surface area contributed by atoms with Gasteiger partial charge in [0.2, 0.25) is 0 Å². The lowest BCUT2D eigenvalue weighted by Crippen LogP contribution is -2.01. The summed E-state index contributed by atoms with van der Waals surface area (Å²) in [6.45, 7) is 2.15. The second-order valence-electron chi connectivity index (χ2n) is 4.98. The molecule has 0 saturated heterocycles. The van der Waals surface area contributed by atoms with Crippen molar-refractivity contribution in [1.29, 1.82) is 0 Å². The van der Waals surface area contributed by atoms with Gasteiger partial charge in [0, 0.05) is 16.0 Å². The SMILES string of the molecule is CCSc1ccc(C(O)Cc2csc3ccccc23)cc1. The van der Waals surface area contributed by atoms with Gasteiger partial charge in [-0.2, -0.15) is 0 Å². The van der Waals surface area contributed by atoms with Crippen molar-refractivity contribution < 1.29 is 5.11 Å². The largest absolute Gasteiger partial charge is 0.388 e. The first-order valence-electron chi connectivity index (χ1n) is 7.14. The molecule has 3 rings (SSSR count). The lowest BCUT2D eigenvalue weighted by Gasteiger charge is -2.11. The van der Waals surface area contributed by atoms with Crippen LogP contribution in [0.15, 0.2) is 58.8 Å². The maximum absolute atomic E-state index is 10.5. The third-order valence-corrected chi connectivity index (χ3v) is 5.46. The van der Waals surface area contributed by atoms with Gasteiger partial charge >= 0.3 is 0 Å². The van der Waals surface area contributed by atoms with Crippen LogP contribution in [-0.4, -0.2) is 10.9 Å². The highest BCUT2D eigenvalue weighted by Gasteiger charge is 2.12. The summed E-state index contributed by atoms with van der Waals surface area (Å²) in [5.41, 5.74) is 2.22. The highest BCUT2D eigenvalue weighted by Crippen LogP contribution is 2.30. The van der Waals surface area contributed by atoms with Crippen LogP contribution in [0.5, 0.6) is 0 Å². The van der Waals surface area contributed by atoms with E-state index < -0.39 is 6.10 Å². The number of fused-ring (bicyclic) bond motifs is 1. The molecule has 0 saturated carbocycles. The Bertz CT molecular complexity index is 715. The molecule has 0 aliphatic heterocycles. The summed E-state index contributed by atoms with van der Waals surface area (Å²) < 4.78 is 1.29. The molecule has 1 unspecified atom stereocenters. The molecule has 0 fully saturated rings. The molecular weight excluding hydrogens is 296 g/mol. The Balaban J connectivity index is 1.77. The number of thioether (sulfide) groups is 1.